The lowest BCUT2D eigenvalue weighted by molar-refractivity contribution is -0.141. The lowest BCUT2D eigenvalue weighted by atomic mass is 10.1. The minimum absolute atomic E-state index is 0.204. The highest BCUT2D eigenvalue weighted by atomic mass is 33.1. The summed E-state index contributed by atoms with van der Waals surface area (Å²) in [5.74, 6) is 1.62. The average molecular weight is 407 g/mol. The second-order valence-corrected chi connectivity index (χ2v) is 9.91. The predicted molar refractivity (Wildman–Crippen MR) is 113 cm³/mol. The molecule has 0 rings (SSSR count). The van der Waals surface area contributed by atoms with Crippen molar-refractivity contribution in [3.05, 3.63) is 0 Å². The first-order valence-corrected chi connectivity index (χ1v) is 12.5. The number of esters is 2. The van der Waals surface area contributed by atoms with Crippen molar-refractivity contribution in [3.8, 4) is 0 Å². The summed E-state index contributed by atoms with van der Waals surface area (Å²) in [5.41, 5.74) is 0. The molecule has 0 amide bonds. The van der Waals surface area contributed by atoms with Gasteiger partial charge >= 0.3 is 11.9 Å². The van der Waals surface area contributed by atoms with Crippen LogP contribution in [0.1, 0.15) is 79.1 Å². The Kier molecular flexibility index (Phi) is 17.8. The maximum atomic E-state index is 11.6. The predicted octanol–water partition coefficient (Wildman–Crippen LogP) is 5.89. The SMILES string of the molecule is CC(C)CCCCCOC(=O)CSSCC(=O)OCCCCCC(C)C. The van der Waals surface area contributed by atoms with Gasteiger partial charge in [-0.3, -0.25) is 9.59 Å². The van der Waals surface area contributed by atoms with E-state index >= 15 is 0 Å². The second kappa shape index (κ2) is 18.0. The van der Waals surface area contributed by atoms with Gasteiger partial charge in [-0.15, -0.1) is 0 Å². The first-order chi connectivity index (χ1) is 12.4. The Labute approximate surface area is 168 Å². The zero-order valence-corrected chi connectivity index (χ0v) is 18.7. The number of hydrogen-bond acceptors (Lipinski definition) is 6. The molecule has 0 aromatic heterocycles. The van der Waals surface area contributed by atoms with Crippen LogP contribution in [0, 0.1) is 11.8 Å². The van der Waals surface area contributed by atoms with E-state index < -0.39 is 0 Å². The molecule has 0 bridgehead atoms. The first kappa shape index (κ1) is 25.6. The lowest BCUT2D eigenvalue weighted by Crippen LogP contribution is -2.10. The third-order valence-corrected chi connectivity index (χ3v) is 5.90. The zero-order valence-electron chi connectivity index (χ0n) is 17.1. The Morgan fingerprint density at radius 2 is 1.04 bits per heavy atom. The summed E-state index contributed by atoms with van der Waals surface area (Å²) in [6, 6.07) is 0. The summed E-state index contributed by atoms with van der Waals surface area (Å²) < 4.78 is 10.4. The fourth-order valence-corrected chi connectivity index (χ4v) is 3.90. The Morgan fingerprint density at radius 3 is 1.38 bits per heavy atom. The van der Waals surface area contributed by atoms with Crippen molar-refractivity contribution >= 4 is 33.5 Å². The van der Waals surface area contributed by atoms with Crippen molar-refractivity contribution < 1.29 is 19.1 Å². The summed E-state index contributed by atoms with van der Waals surface area (Å²) in [7, 11) is 2.71. The molecule has 0 aliphatic rings. The van der Waals surface area contributed by atoms with E-state index in [1.165, 1.54) is 47.3 Å². The smallest absolute Gasteiger partial charge is 0.316 e. The molecule has 0 heterocycles. The number of carbonyl (C=O) groups is 2. The maximum absolute atomic E-state index is 11.6. The van der Waals surface area contributed by atoms with Crippen molar-refractivity contribution in [2.45, 2.75) is 79.1 Å². The first-order valence-electron chi connectivity index (χ1n) is 9.97. The monoisotopic (exact) mass is 406 g/mol. The maximum Gasteiger partial charge on any atom is 0.316 e. The molecule has 6 heteroatoms. The van der Waals surface area contributed by atoms with Crippen LogP contribution in [0.4, 0.5) is 0 Å². The molecule has 154 valence electrons. The molecule has 0 fully saturated rings. The molecular formula is C20H38O4S2. The summed E-state index contributed by atoms with van der Waals surface area (Å²) in [4.78, 5) is 23.2. The van der Waals surface area contributed by atoms with E-state index in [-0.39, 0.29) is 23.4 Å². The highest BCUT2D eigenvalue weighted by molar-refractivity contribution is 8.77. The van der Waals surface area contributed by atoms with Gasteiger partial charge in [0.05, 0.1) is 13.2 Å². The van der Waals surface area contributed by atoms with Crippen molar-refractivity contribution in [2.75, 3.05) is 24.7 Å². The molecule has 4 nitrogen and oxygen atoms in total. The largest absolute Gasteiger partial charge is 0.465 e. The molecule has 0 aliphatic carbocycles. The van der Waals surface area contributed by atoms with Gasteiger partial charge in [-0.1, -0.05) is 87.8 Å². The number of hydrogen-bond donors (Lipinski definition) is 0. The Hall–Kier alpha value is -0.360. The van der Waals surface area contributed by atoms with E-state index in [2.05, 4.69) is 27.7 Å². The molecule has 0 radical (unpaired) electrons. The van der Waals surface area contributed by atoms with E-state index in [0.717, 1.165) is 37.5 Å². The summed E-state index contributed by atoms with van der Waals surface area (Å²) >= 11 is 0. The summed E-state index contributed by atoms with van der Waals surface area (Å²) in [6.45, 7) is 9.89. The van der Waals surface area contributed by atoms with E-state index in [0.29, 0.717) is 13.2 Å². The quantitative estimate of drug-likeness (QED) is 0.171. The molecule has 0 aromatic carbocycles. The number of rotatable bonds is 17. The number of unbranched alkanes of at least 4 members (excludes halogenated alkanes) is 4. The molecule has 0 aliphatic heterocycles. The van der Waals surface area contributed by atoms with E-state index in [4.69, 9.17) is 9.47 Å². The Balaban J connectivity index is 3.36. The lowest BCUT2D eigenvalue weighted by Gasteiger charge is -2.07. The molecule has 0 unspecified atom stereocenters. The molecule has 26 heavy (non-hydrogen) atoms. The average Bonchev–Trinajstić information content (AvgIpc) is 2.57. The van der Waals surface area contributed by atoms with Gasteiger partial charge in [0.25, 0.3) is 0 Å². The van der Waals surface area contributed by atoms with Gasteiger partial charge in [0.15, 0.2) is 0 Å². The minimum Gasteiger partial charge on any atom is -0.465 e. The van der Waals surface area contributed by atoms with Gasteiger partial charge in [-0.2, -0.15) is 0 Å². The Bertz CT molecular complexity index is 326. The minimum atomic E-state index is -0.204. The second-order valence-electron chi connectivity index (χ2n) is 7.45. The van der Waals surface area contributed by atoms with Crippen LogP contribution >= 0.6 is 21.6 Å². The van der Waals surface area contributed by atoms with Gasteiger partial charge in [0, 0.05) is 0 Å². The van der Waals surface area contributed by atoms with E-state index in [1.807, 2.05) is 0 Å². The van der Waals surface area contributed by atoms with Crippen LogP contribution in [0.25, 0.3) is 0 Å². The zero-order chi connectivity index (χ0) is 19.6. The van der Waals surface area contributed by atoms with Gasteiger partial charge in [0.1, 0.15) is 11.5 Å². The highest BCUT2D eigenvalue weighted by Crippen LogP contribution is 2.21. The van der Waals surface area contributed by atoms with Crippen LogP contribution in [-0.4, -0.2) is 36.7 Å². The van der Waals surface area contributed by atoms with Crippen LogP contribution in [-0.2, 0) is 19.1 Å². The third kappa shape index (κ3) is 20.0. The standard InChI is InChI=1S/C20H38O4S2/c1-17(2)11-7-5-9-13-23-19(21)15-25-26-16-20(22)24-14-10-6-8-12-18(3)4/h17-18H,5-16H2,1-4H3. The van der Waals surface area contributed by atoms with Crippen molar-refractivity contribution in [3.63, 3.8) is 0 Å². The fourth-order valence-electron chi connectivity index (χ4n) is 2.30. The normalized spacial score (nSPS) is 11.2. The molecule has 0 spiro atoms. The van der Waals surface area contributed by atoms with E-state index in [9.17, 15) is 9.59 Å². The molecule has 0 aromatic rings. The molecule has 0 atom stereocenters. The molecule has 0 N–H and O–H groups in total. The van der Waals surface area contributed by atoms with Crippen molar-refractivity contribution in [1.29, 1.82) is 0 Å². The molecule has 0 saturated carbocycles. The van der Waals surface area contributed by atoms with Crippen molar-refractivity contribution in [2.24, 2.45) is 11.8 Å². The Morgan fingerprint density at radius 1 is 0.654 bits per heavy atom. The van der Waals surface area contributed by atoms with Crippen LogP contribution in [0.15, 0.2) is 0 Å². The van der Waals surface area contributed by atoms with Crippen LogP contribution in [0.2, 0.25) is 0 Å². The topological polar surface area (TPSA) is 52.6 Å². The highest BCUT2D eigenvalue weighted by Gasteiger charge is 2.07. The van der Waals surface area contributed by atoms with Gasteiger partial charge in [0.2, 0.25) is 0 Å². The number of carbonyl (C=O) groups excluding carboxylic acids is 2. The fraction of sp³-hybridized carbons (Fsp3) is 0.900. The van der Waals surface area contributed by atoms with E-state index in [1.54, 1.807) is 0 Å². The van der Waals surface area contributed by atoms with Gasteiger partial charge < -0.3 is 9.47 Å². The third-order valence-electron chi connectivity index (χ3n) is 3.81. The van der Waals surface area contributed by atoms with Gasteiger partial charge in [-0.05, 0) is 24.7 Å². The van der Waals surface area contributed by atoms with Crippen LogP contribution < -0.4 is 0 Å². The van der Waals surface area contributed by atoms with Crippen molar-refractivity contribution in [1.82, 2.24) is 0 Å². The van der Waals surface area contributed by atoms with Crippen LogP contribution in [0.3, 0.4) is 0 Å². The molecular weight excluding hydrogens is 368 g/mol. The van der Waals surface area contributed by atoms with Gasteiger partial charge in [-0.25, -0.2) is 0 Å². The molecule has 0 saturated heterocycles. The van der Waals surface area contributed by atoms with Crippen LogP contribution in [0.5, 0.6) is 0 Å². The number of ether oxygens (including phenoxy) is 2. The summed E-state index contributed by atoms with van der Waals surface area (Å²) in [6.07, 6.45) is 8.93. The summed E-state index contributed by atoms with van der Waals surface area (Å²) in [5, 5.41) is 0.